The zero-order valence-electron chi connectivity index (χ0n) is 17.0. The molecule has 0 unspecified atom stereocenters. The fourth-order valence-corrected chi connectivity index (χ4v) is 4.06. The highest BCUT2D eigenvalue weighted by Crippen LogP contribution is 2.32. The van der Waals surface area contributed by atoms with Crippen LogP contribution in [0.4, 0.5) is 11.4 Å². The number of hydrogen-bond donors (Lipinski definition) is 0. The first kappa shape index (κ1) is 20.1. The van der Waals surface area contributed by atoms with E-state index in [9.17, 15) is 14.9 Å². The molecule has 7 nitrogen and oxygen atoms in total. The summed E-state index contributed by atoms with van der Waals surface area (Å²) in [6, 6.07) is 10.4. The van der Waals surface area contributed by atoms with Crippen LogP contribution >= 0.6 is 11.6 Å². The molecule has 8 heteroatoms. The number of non-ortho nitro benzene ring substituents is 1. The summed E-state index contributed by atoms with van der Waals surface area (Å²) >= 11 is 6.27. The van der Waals surface area contributed by atoms with Crippen LogP contribution in [0.3, 0.4) is 0 Å². The van der Waals surface area contributed by atoms with Gasteiger partial charge < -0.3 is 4.90 Å². The Morgan fingerprint density at radius 3 is 2.67 bits per heavy atom. The normalized spacial score (nSPS) is 12.9. The molecule has 4 rings (SSSR count). The number of fused-ring (bicyclic) bond motifs is 1. The Morgan fingerprint density at radius 1 is 1.20 bits per heavy atom. The fourth-order valence-electron chi connectivity index (χ4n) is 3.88. The van der Waals surface area contributed by atoms with E-state index >= 15 is 0 Å². The molecule has 1 amide bonds. The zero-order valence-corrected chi connectivity index (χ0v) is 17.7. The van der Waals surface area contributed by atoms with E-state index in [0.29, 0.717) is 23.7 Å². The first-order valence-electron chi connectivity index (χ1n) is 9.65. The van der Waals surface area contributed by atoms with Crippen LogP contribution in [0.15, 0.2) is 36.4 Å². The van der Waals surface area contributed by atoms with Crippen molar-refractivity contribution in [2.24, 2.45) is 0 Å². The molecular weight excluding hydrogens is 404 g/mol. The summed E-state index contributed by atoms with van der Waals surface area (Å²) in [6.07, 6.45) is 0.873. The van der Waals surface area contributed by atoms with Gasteiger partial charge in [-0.05, 0) is 50.5 Å². The molecule has 0 radical (unpaired) electrons. The number of carbonyl (C=O) groups is 1. The van der Waals surface area contributed by atoms with Gasteiger partial charge in [-0.15, -0.1) is 0 Å². The number of nitro benzene ring substituents is 1. The van der Waals surface area contributed by atoms with Crippen molar-refractivity contribution in [1.82, 2.24) is 9.78 Å². The second-order valence-corrected chi connectivity index (χ2v) is 7.94. The van der Waals surface area contributed by atoms with Crippen molar-refractivity contribution >= 4 is 28.9 Å². The Labute approximate surface area is 179 Å². The number of hydrogen-bond acceptors (Lipinski definition) is 4. The predicted octanol–water partition coefficient (Wildman–Crippen LogP) is 4.49. The minimum absolute atomic E-state index is 0.00937. The number of halogens is 1. The topological polar surface area (TPSA) is 81.3 Å². The van der Waals surface area contributed by atoms with Crippen LogP contribution in [0.2, 0.25) is 5.02 Å². The Morgan fingerprint density at radius 2 is 1.97 bits per heavy atom. The van der Waals surface area contributed by atoms with Gasteiger partial charge in [-0.3, -0.25) is 14.9 Å². The summed E-state index contributed by atoms with van der Waals surface area (Å²) in [4.78, 5) is 25.4. The molecule has 0 spiro atoms. The summed E-state index contributed by atoms with van der Waals surface area (Å²) in [5.74, 6) is -0.0954. The lowest BCUT2D eigenvalue weighted by Gasteiger charge is -2.17. The Kier molecular flexibility index (Phi) is 5.07. The molecule has 3 aromatic rings. The van der Waals surface area contributed by atoms with Crippen LogP contribution in [-0.4, -0.2) is 27.2 Å². The fraction of sp³-hybridized carbons (Fsp3) is 0.273. The van der Waals surface area contributed by atoms with E-state index in [1.165, 1.54) is 12.1 Å². The molecule has 0 saturated heterocycles. The van der Waals surface area contributed by atoms with Gasteiger partial charge in [0.05, 0.1) is 28.4 Å². The average Bonchev–Trinajstić information content (AvgIpc) is 3.25. The number of rotatable bonds is 4. The van der Waals surface area contributed by atoms with E-state index in [4.69, 9.17) is 11.6 Å². The standard InChI is InChI=1S/C22H21ClN4O3/c1-13-4-6-17(10-20(13)23)26-15(3)19(14(2)24-26)12-22(28)25-9-8-16-5-7-18(27(29)30)11-21(16)25/h4-7,10-11H,8-9,12H2,1-3H3. The van der Waals surface area contributed by atoms with Crippen LogP contribution in [0.5, 0.6) is 0 Å². The van der Waals surface area contributed by atoms with Gasteiger partial charge >= 0.3 is 0 Å². The van der Waals surface area contributed by atoms with Crippen molar-refractivity contribution in [2.75, 3.05) is 11.4 Å². The first-order chi connectivity index (χ1) is 14.3. The molecule has 0 saturated carbocycles. The lowest BCUT2D eigenvalue weighted by Crippen LogP contribution is -2.30. The van der Waals surface area contributed by atoms with Crippen molar-refractivity contribution < 1.29 is 9.72 Å². The van der Waals surface area contributed by atoms with Crippen molar-refractivity contribution in [1.29, 1.82) is 0 Å². The lowest BCUT2D eigenvalue weighted by atomic mass is 10.1. The molecule has 2 heterocycles. The maximum Gasteiger partial charge on any atom is 0.271 e. The predicted molar refractivity (Wildman–Crippen MR) is 116 cm³/mol. The highest BCUT2D eigenvalue weighted by molar-refractivity contribution is 6.31. The van der Waals surface area contributed by atoms with Crippen LogP contribution in [0.1, 0.15) is 28.1 Å². The van der Waals surface area contributed by atoms with Crippen molar-refractivity contribution in [3.05, 3.63) is 79.6 Å². The van der Waals surface area contributed by atoms with Crippen molar-refractivity contribution in [2.45, 2.75) is 33.6 Å². The molecule has 30 heavy (non-hydrogen) atoms. The molecule has 2 aromatic carbocycles. The Bertz CT molecular complexity index is 1190. The van der Waals surface area contributed by atoms with E-state index in [1.54, 1.807) is 15.6 Å². The third-order valence-electron chi connectivity index (χ3n) is 5.65. The number of aryl methyl sites for hydroxylation is 2. The summed E-state index contributed by atoms with van der Waals surface area (Å²) in [6.45, 7) is 6.27. The van der Waals surface area contributed by atoms with Gasteiger partial charge in [-0.25, -0.2) is 4.68 Å². The van der Waals surface area contributed by atoms with E-state index in [1.807, 2.05) is 39.0 Å². The number of anilines is 1. The van der Waals surface area contributed by atoms with Gasteiger partial charge in [0.2, 0.25) is 5.91 Å². The maximum atomic E-state index is 13.1. The average molecular weight is 425 g/mol. The minimum Gasteiger partial charge on any atom is -0.311 e. The quantitative estimate of drug-likeness (QED) is 0.456. The molecule has 1 aliphatic rings. The molecular formula is C22H21ClN4O3. The molecule has 0 N–H and O–H groups in total. The molecule has 0 aliphatic carbocycles. The summed E-state index contributed by atoms with van der Waals surface area (Å²) in [7, 11) is 0. The van der Waals surface area contributed by atoms with E-state index < -0.39 is 4.92 Å². The monoisotopic (exact) mass is 424 g/mol. The highest BCUT2D eigenvalue weighted by Gasteiger charge is 2.28. The number of amides is 1. The van der Waals surface area contributed by atoms with E-state index in [2.05, 4.69) is 5.10 Å². The molecule has 1 aliphatic heterocycles. The number of nitrogens with zero attached hydrogens (tertiary/aromatic N) is 4. The molecule has 0 atom stereocenters. The van der Waals surface area contributed by atoms with Gasteiger partial charge in [-0.1, -0.05) is 23.7 Å². The van der Waals surface area contributed by atoms with Crippen molar-refractivity contribution in [3.63, 3.8) is 0 Å². The zero-order chi connectivity index (χ0) is 21.6. The van der Waals surface area contributed by atoms with E-state index in [-0.39, 0.29) is 18.0 Å². The number of benzene rings is 2. The maximum absolute atomic E-state index is 13.1. The third-order valence-corrected chi connectivity index (χ3v) is 6.05. The summed E-state index contributed by atoms with van der Waals surface area (Å²) in [5.41, 5.74) is 5.90. The van der Waals surface area contributed by atoms with Gasteiger partial charge in [0.1, 0.15) is 0 Å². The molecule has 0 bridgehead atoms. The second-order valence-electron chi connectivity index (χ2n) is 7.54. The molecule has 1 aromatic heterocycles. The van der Waals surface area contributed by atoms with Crippen molar-refractivity contribution in [3.8, 4) is 5.69 Å². The second kappa shape index (κ2) is 7.57. The summed E-state index contributed by atoms with van der Waals surface area (Å²) in [5, 5.41) is 16.4. The Hall–Kier alpha value is -3.19. The van der Waals surface area contributed by atoms with Gasteiger partial charge in [0.25, 0.3) is 5.69 Å². The SMILES string of the molecule is Cc1ccc(-n2nc(C)c(CC(=O)N3CCc4ccc([N+](=O)[O-])cc43)c2C)cc1Cl. The van der Waals surface area contributed by atoms with Gasteiger partial charge in [-0.2, -0.15) is 5.10 Å². The number of nitro groups is 1. The molecule has 0 fully saturated rings. The first-order valence-corrected chi connectivity index (χ1v) is 10.0. The molecule has 154 valence electrons. The Balaban J connectivity index is 1.63. The third kappa shape index (κ3) is 3.45. The van der Waals surface area contributed by atoms with Gasteiger partial charge in [0.15, 0.2) is 0 Å². The van der Waals surface area contributed by atoms with Crippen LogP contribution in [0.25, 0.3) is 5.69 Å². The van der Waals surface area contributed by atoms with Crippen LogP contribution < -0.4 is 4.90 Å². The number of carbonyl (C=O) groups excluding carboxylic acids is 1. The summed E-state index contributed by atoms with van der Waals surface area (Å²) < 4.78 is 1.80. The van der Waals surface area contributed by atoms with Crippen LogP contribution in [-0.2, 0) is 17.6 Å². The largest absolute Gasteiger partial charge is 0.311 e. The smallest absolute Gasteiger partial charge is 0.271 e. The van der Waals surface area contributed by atoms with Crippen LogP contribution in [0, 0.1) is 30.9 Å². The lowest BCUT2D eigenvalue weighted by molar-refractivity contribution is -0.384. The van der Waals surface area contributed by atoms with E-state index in [0.717, 1.165) is 33.8 Å². The minimum atomic E-state index is -0.438. The van der Waals surface area contributed by atoms with Gasteiger partial charge in [0, 0.05) is 35.0 Å². The highest BCUT2D eigenvalue weighted by atomic mass is 35.5. The number of aromatic nitrogens is 2.